The molecule has 1 amide bonds. The standard InChI is InChI=1S/C25H30FN3O3/c1-4-18(3)29(15-20-8-12-22(13-9-20)31-5-2)16-24-28-23(17-32-24)25(30)27-14-19-6-10-21(26)11-7-19/h6-13,17-18H,4-5,14-16H2,1-3H3,(H,27,30)/t18-/m1/s1. The van der Waals surface area contributed by atoms with Crippen LogP contribution in [0, 0.1) is 5.82 Å². The van der Waals surface area contributed by atoms with Crippen LogP contribution in [0.3, 0.4) is 0 Å². The van der Waals surface area contributed by atoms with Crippen LogP contribution in [0.25, 0.3) is 0 Å². The van der Waals surface area contributed by atoms with Crippen molar-refractivity contribution in [2.24, 2.45) is 0 Å². The van der Waals surface area contributed by atoms with Crippen molar-refractivity contribution in [2.75, 3.05) is 6.61 Å². The summed E-state index contributed by atoms with van der Waals surface area (Å²) in [5.74, 6) is 0.710. The Bertz CT molecular complexity index is 986. The Kier molecular flexibility index (Phi) is 8.39. The first-order chi connectivity index (χ1) is 15.5. The van der Waals surface area contributed by atoms with Gasteiger partial charge in [-0.05, 0) is 55.7 Å². The number of carbonyl (C=O) groups is 1. The van der Waals surface area contributed by atoms with Gasteiger partial charge in [0.2, 0.25) is 5.89 Å². The number of halogens is 1. The SMILES string of the molecule is CCOc1ccc(CN(Cc2nc(C(=O)NCc3ccc(F)cc3)co2)[C@H](C)CC)cc1. The van der Waals surface area contributed by atoms with E-state index in [2.05, 4.69) is 41.2 Å². The van der Waals surface area contributed by atoms with Crippen LogP contribution in [0.5, 0.6) is 5.75 Å². The van der Waals surface area contributed by atoms with E-state index in [1.807, 2.05) is 19.1 Å². The summed E-state index contributed by atoms with van der Waals surface area (Å²) in [6, 6.07) is 14.4. The van der Waals surface area contributed by atoms with Crippen molar-refractivity contribution in [1.82, 2.24) is 15.2 Å². The predicted molar refractivity (Wildman–Crippen MR) is 121 cm³/mol. The van der Waals surface area contributed by atoms with Crippen molar-refractivity contribution in [3.8, 4) is 5.75 Å². The smallest absolute Gasteiger partial charge is 0.273 e. The van der Waals surface area contributed by atoms with E-state index in [9.17, 15) is 9.18 Å². The molecule has 32 heavy (non-hydrogen) atoms. The number of carbonyl (C=O) groups excluding carboxylic acids is 1. The molecule has 170 valence electrons. The molecule has 2 aromatic carbocycles. The van der Waals surface area contributed by atoms with Crippen LogP contribution in [0.4, 0.5) is 4.39 Å². The molecular formula is C25H30FN3O3. The molecule has 0 bridgehead atoms. The van der Waals surface area contributed by atoms with E-state index in [0.29, 0.717) is 25.1 Å². The number of oxazole rings is 1. The van der Waals surface area contributed by atoms with Gasteiger partial charge in [-0.1, -0.05) is 31.2 Å². The molecule has 3 rings (SSSR count). The van der Waals surface area contributed by atoms with Crippen molar-refractivity contribution in [3.05, 3.63) is 83.3 Å². The molecular weight excluding hydrogens is 409 g/mol. The van der Waals surface area contributed by atoms with Gasteiger partial charge in [-0.3, -0.25) is 9.69 Å². The number of aromatic nitrogens is 1. The highest BCUT2D eigenvalue weighted by Gasteiger charge is 2.18. The molecule has 1 N–H and O–H groups in total. The summed E-state index contributed by atoms with van der Waals surface area (Å²) in [4.78, 5) is 19.1. The first kappa shape index (κ1) is 23.5. The second-order valence-corrected chi connectivity index (χ2v) is 7.67. The van der Waals surface area contributed by atoms with Crippen LogP contribution in [0.2, 0.25) is 0 Å². The third-order valence-corrected chi connectivity index (χ3v) is 5.32. The number of nitrogens with one attached hydrogen (secondary N) is 1. The molecule has 0 unspecified atom stereocenters. The molecule has 0 aliphatic heterocycles. The maximum Gasteiger partial charge on any atom is 0.273 e. The maximum absolute atomic E-state index is 13.0. The molecule has 1 aromatic heterocycles. The Hall–Kier alpha value is -3.19. The quantitative estimate of drug-likeness (QED) is 0.458. The number of nitrogens with zero attached hydrogens (tertiary/aromatic N) is 2. The highest BCUT2D eigenvalue weighted by atomic mass is 19.1. The first-order valence-electron chi connectivity index (χ1n) is 10.9. The lowest BCUT2D eigenvalue weighted by molar-refractivity contribution is 0.0945. The van der Waals surface area contributed by atoms with Crippen molar-refractivity contribution in [1.29, 1.82) is 0 Å². The van der Waals surface area contributed by atoms with E-state index in [0.717, 1.165) is 29.8 Å². The van der Waals surface area contributed by atoms with E-state index >= 15 is 0 Å². The largest absolute Gasteiger partial charge is 0.494 e. The molecule has 0 radical (unpaired) electrons. The van der Waals surface area contributed by atoms with Gasteiger partial charge in [-0.2, -0.15) is 0 Å². The summed E-state index contributed by atoms with van der Waals surface area (Å²) < 4.78 is 24.1. The Morgan fingerprint density at radius 3 is 2.44 bits per heavy atom. The number of hydrogen-bond donors (Lipinski definition) is 1. The average Bonchev–Trinajstić information content (AvgIpc) is 3.27. The predicted octanol–water partition coefficient (Wildman–Crippen LogP) is 4.94. The molecule has 0 saturated heterocycles. The van der Waals surface area contributed by atoms with Gasteiger partial charge in [0.05, 0.1) is 13.2 Å². The van der Waals surface area contributed by atoms with Gasteiger partial charge in [0.25, 0.3) is 5.91 Å². The summed E-state index contributed by atoms with van der Waals surface area (Å²) in [5.41, 5.74) is 2.20. The van der Waals surface area contributed by atoms with Crippen LogP contribution in [-0.2, 0) is 19.6 Å². The highest BCUT2D eigenvalue weighted by molar-refractivity contribution is 5.91. The fourth-order valence-electron chi connectivity index (χ4n) is 3.25. The summed E-state index contributed by atoms with van der Waals surface area (Å²) in [6.07, 6.45) is 2.35. The topological polar surface area (TPSA) is 67.6 Å². The fraction of sp³-hybridized carbons (Fsp3) is 0.360. The molecule has 1 atom stereocenters. The lowest BCUT2D eigenvalue weighted by Crippen LogP contribution is -2.31. The highest BCUT2D eigenvalue weighted by Crippen LogP contribution is 2.18. The molecule has 6 nitrogen and oxygen atoms in total. The van der Waals surface area contributed by atoms with E-state index in [4.69, 9.17) is 9.15 Å². The van der Waals surface area contributed by atoms with Crippen molar-refractivity contribution in [2.45, 2.75) is 52.9 Å². The van der Waals surface area contributed by atoms with E-state index in [1.54, 1.807) is 12.1 Å². The van der Waals surface area contributed by atoms with Gasteiger partial charge in [-0.25, -0.2) is 9.37 Å². The van der Waals surface area contributed by atoms with Gasteiger partial charge in [0, 0.05) is 19.1 Å². The lowest BCUT2D eigenvalue weighted by Gasteiger charge is -2.27. The minimum atomic E-state index is -0.328. The van der Waals surface area contributed by atoms with Crippen LogP contribution in [0.15, 0.2) is 59.2 Å². The lowest BCUT2D eigenvalue weighted by atomic mass is 10.1. The first-order valence-corrected chi connectivity index (χ1v) is 10.9. The van der Waals surface area contributed by atoms with Crippen LogP contribution >= 0.6 is 0 Å². The second-order valence-electron chi connectivity index (χ2n) is 7.67. The molecule has 7 heteroatoms. The maximum atomic E-state index is 13.0. The average molecular weight is 440 g/mol. The van der Waals surface area contributed by atoms with E-state index in [1.165, 1.54) is 18.4 Å². The Morgan fingerprint density at radius 2 is 1.78 bits per heavy atom. The monoisotopic (exact) mass is 439 g/mol. The van der Waals surface area contributed by atoms with Gasteiger partial charge in [0.1, 0.15) is 17.8 Å². The van der Waals surface area contributed by atoms with Crippen LogP contribution in [-0.4, -0.2) is 28.4 Å². The number of amides is 1. The third-order valence-electron chi connectivity index (χ3n) is 5.32. The molecule has 1 heterocycles. The zero-order valence-corrected chi connectivity index (χ0v) is 18.8. The normalized spacial score (nSPS) is 12.0. The Morgan fingerprint density at radius 1 is 1.09 bits per heavy atom. The van der Waals surface area contributed by atoms with Gasteiger partial charge in [0.15, 0.2) is 5.69 Å². The zero-order valence-electron chi connectivity index (χ0n) is 18.8. The van der Waals surface area contributed by atoms with Crippen molar-refractivity contribution < 1.29 is 18.3 Å². The number of hydrogen-bond acceptors (Lipinski definition) is 5. The van der Waals surface area contributed by atoms with Crippen molar-refractivity contribution >= 4 is 5.91 Å². The summed E-state index contributed by atoms with van der Waals surface area (Å²) in [7, 11) is 0. The van der Waals surface area contributed by atoms with Gasteiger partial charge < -0.3 is 14.5 Å². The second kappa shape index (κ2) is 11.4. The minimum Gasteiger partial charge on any atom is -0.494 e. The molecule has 0 aliphatic rings. The Balaban J connectivity index is 1.60. The molecule has 3 aromatic rings. The number of benzene rings is 2. The van der Waals surface area contributed by atoms with Crippen LogP contribution < -0.4 is 10.1 Å². The van der Waals surface area contributed by atoms with Crippen LogP contribution in [0.1, 0.15) is 54.7 Å². The van der Waals surface area contributed by atoms with Gasteiger partial charge in [-0.15, -0.1) is 0 Å². The summed E-state index contributed by atoms with van der Waals surface area (Å²) in [6.45, 7) is 8.42. The summed E-state index contributed by atoms with van der Waals surface area (Å²) >= 11 is 0. The molecule has 0 aliphatic carbocycles. The zero-order chi connectivity index (χ0) is 22.9. The molecule has 0 saturated carbocycles. The summed E-state index contributed by atoms with van der Waals surface area (Å²) in [5, 5.41) is 2.78. The van der Waals surface area contributed by atoms with Crippen molar-refractivity contribution in [3.63, 3.8) is 0 Å². The van der Waals surface area contributed by atoms with E-state index in [-0.39, 0.29) is 24.0 Å². The minimum absolute atomic E-state index is 0.229. The van der Waals surface area contributed by atoms with E-state index < -0.39 is 0 Å². The van der Waals surface area contributed by atoms with Gasteiger partial charge >= 0.3 is 0 Å². The fourth-order valence-corrected chi connectivity index (χ4v) is 3.25. The molecule has 0 fully saturated rings. The third kappa shape index (κ3) is 6.65. The number of rotatable bonds is 11. The number of ether oxygens (including phenoxy) is 1. The Labute approximate surface area is 188 Å². The molecule has 0 spiro atoms.